The Balaban J connectivity index is 0.00000180. The minimum absolute atomic E-state index is 0. The van der Waals surface area contributed by atoms with Crippen molar-refractivity contribution < 1.29 is 18.0 Å². The number of nitrogens with two attached hydrogens (primary N) is 1. The molecule has 1 saturated heterocycles. The van der Waals surface area contributed by atoms with Crippen LogP contribution in [0.15, 0.2) is 0 Å². The lowest BCUT2D eigenvalue weighted by Crippen LogP contribution is -2.45. The molecule has 2 fully saturated rings. The van der Waals surface area contributed by atoms with Gasteiger partial charge in [-0.15, -0.1) is 12.4 Å². The molecule has 0 aromatic rings. The highest BCUT2D eigenvalue weighted by Crippen LogP contribution is 2.27. The van der Waals surface area contributed by atoms with Gasteiger partial charge in [0, 0.05) is 12.5 Å². The Labute approximate surface area is 118 Å². The molecule has 7 nitrogen and oxygen atoms in total. The fourth-order valence-electron chi connectivity index (χ4n) is 1.96. The summed E-state index contributed by atoms with van der Waals surface area (Å²) in [6.45, 7) is 0.582. The molecule has 2 unspecified atom stereocenters. The summed E-state index contributed by atoms with van der Waals surface area (Å²) in [7, 11) is -3.56. The van der Waals surface area contributed by atoms with Crippen LogP contribution in [0, 0.1) is 5.92 Å². The second kappa shape index (κ2) is 6.06. The zero-order valence-electron chi connectivity index (χ0n) is 10.3. The second-order valence-corrected chi connectivity index (χ2v) is 6.79. The number of carbonyl (C=O) groups is 2. The Morgan fingerprint density at radius 2 is 2.05 bits per heavy atom. The minimum Gasteiger partial charge on any atom is -0.356 e. The molecule has 0 aromatic heterocycles. The summed E-state index contributed by atoms with van der Waals surface area (Å²) in [5.41, 5.74) is 5.63. The first-order valence-corrected chi connectivity index (χ1v) is 7.53. The van der Waals surface area contributed by atoms with E-state index < -0.39 is 27.2 Å². The van der Waals surface area contributed by atoms with E-state index >= 15 is 0 Å². The van der Waals surface area contributed by atoms with Crippen molar-refractivity contribution in [2.75, 3.05) is 6.54 Å². The van der Waals surface area contributed by atoms with Crippen molar-refractivity contribution in [3.8, 4) is 0 Å². The molecule has 0 spiro atoms. The van der Waals surface area contributed by atoms with Crippen molar-refractivity contribution in [3.63, 3.8) is 0 Å². The summed E-state index contributed by atoms with van der Waals surface area (Å²) in [6.07, 6.45) is 1.98. The largest absolute Gasteiger partial charge is 0.356 e. The maximum atomic E-state index is 11.6. The minimum atomic E-state index is -3.56. The molecule has 19 heavy (non-hydrogen) atoms. The number of carbonyl (C=O) groups excluding carboxylic acids is 2. The molecular weight excluding hydrogens is 294 g/mol. The van der Waals surface area contributed by atoms with Gasteiger partial charge in [0.15, 0.2) is 0 Å². The highest BCUT2D eigenvalue weighted by atomic mass is 35.5. The highest BCUT2D eigenvalue weighted by Gasteiger charge is 2.38. The average molecular weight is 312 g/mol. The lowest BCUT2D eigenvalue weighted by molar-refractivity contribution is -0.123. The standard InChI is InChI=1S/C10H17N3O4S.ClH/c11-8(5-6-3-4-12-9(6)14)10(15)13-18(16,17)7-1-2-7;/h6-8H,1-5,11H2,(H,12,14)(H,13,15);1H. The zero-order chi connectivity index (χ0) is 13.3. The van der Waals surface area contributed by atoms with E-state index in [1.54, 1.807) is 0 Å². The van der Waals surface area contributed by atoms with Gasteiger partial charge < -0.3 is 11.1 Å². The van der Waals surface area contributed by atoms with E-state index in [1.165, 1.54) is 0 Å². The predicted molar refractivity (Wildman–Crippen MR) is 71.0 cm³/mol. The van der Waals surface area contributed by atoms with Gasteiger partial charge in [-0.05, 0) is 25.7 Å². The lowest BCUT2D eigenvalue weighted by Gasteiger charge is -2.14. The summed E-state index contributed by atoms with van der Waals surface area (Å²) in [5.74, 6) is -1.14. The SMILES string of the molecule is Cl.NC(CC1CCNC1=O)C(=O)NS(=O)(=O)C1CC1. The van der Waals surface area contributed by atoms with E-state index in [2.05, 4.69) is 5.32 Å². The van der Waals surface area contributed by atoms with Gasteiger partial charge in [0.25, 0.3) is 0 Å². The van der Waals surface area contributed by atoms with Gasteiger partial charge in [-0.25, -0.2) is 8.42 Å². The number of sulfonamides is 1. The topological polar surface area (TPSA) is 118 Å². The second-order valence-electron chi connectivity index (χ2n) is 4.83. The Bertz CT molecular complexity index is 463. The molecule has 110 valence electrons. The van der Waals surface area contributed by atoms with Crippen LogP contribution in [0.25, 0.3) is 0 Å². The molecule has 0 radical (unpaired) electrons. The molecule has 2 atom stereocenters. The molecule has 2 amide bonds. The van der Waals surface area contributed by atoms with Crippen molar-refractivity contribution in [3.05, 3.63) is 0 Å². The number of amides is 2. The van der Waals surface area contributed by atoms with Crippen LogP contribution in [0.5, 0.6) is 0 Å². The van der Waals surface area contributed by atoms with Crippen LogP contribution in [-0.2, 0) is 19.6 Å². The molecule has 1 saturated carbocycles. The monoisotopic (exact) mass is 311 g/mol. The lowest BCUT2D eigenvalue weighted by atomic mass is 9.99. The number of rotatable bonds is 5. The first-order chi connectivity index (χ1) is 8.40. The summed E-state index contributed by atoms with van der Waals surface area (Å²) in [6, 6.07) is -0.965. The molecule has 1 heterocycles. The van der Waals surface area contributed by atoms with E-state index in [1.807, 2.05) is 4.72 Å². The molecule has 4 N–H and O–H groups in total. The quantitative estimate of drug-likeness (QED) is 0.594. The molecule has 0 aromatic carbocycles. The summed E-state index contributed by atoms with van der Waals surface area (Å²) < 4.78 is 25.1. The van der Waals surface area contributed by atoms with E-state index in [9.17, 15) is 18.0 Å². The normalized spacial score (nSPS) is 24.3. The third-order valence-corrected chi connectivity index (χ3v) is 5.08. The smallest absolute Gasteiger partial charge is 0.250 e. The van der Waals surface area contributed by atoms with Crippen LogP contribution in [0.2, 0.25) is 0 Å². The van der Waals surface area contributed by atoms with Gasteiger partial charge in [0.05, 0.1) is 11.3 Å². The third-order valence-electron chi connectivity index (χ3n) is 3.24. The van der Waals surface area contributed by atoms with Crippen LogP contribution >= 0.6 is 12.4 Å². The Morgan fingerprint density at radius 1 is 1.42 bits per heavy atom. The van der Waals surface area contributed by atoms with Gasteiger partial charge in [0.1, 0.15) is 0 Å². The van der Waals surface area contributed by atoms with Crippen molar-refractivity contribution in [2.45, 2.75) is 37.0 Å². The zero-order valence-corrected chi connectivity index (χ0v) is 11.9. The highest BCUT2D eigenvalue weighted by molar-refractivity contribution is 7.90. The first kappa shape index (κ1) is 16.2. The molecule has 1 aliphatic heterocycles. The van der Waals surface area contributed by atoms with Gasteiger partial charge >= 0.3 is 0 Å². The van der Waals surface area contributed by atoms with Crippen molar-refractivity contribution in [1.82, 2.24) is 10.0 Å². The van der Waals surface area contributed by atoms with Crippen molar-refractivity contribution >= 4 is 34.2 Å². The fraction of sp³-hybridized carbons (Fsp3) is 0.800. The molecule has 1 aliphatic carbocycles. The van der Waals surface area contributed by atoms with E-state index in [4.69, 9.17) is 5.73 Å². The van der Waals surface area contributed by atoms with Crippen molar-refractivity contribution in [2.24, 2.45) is 11.7 Å². The predicted octanol–water partition coefficient (Wildman–Crippen LogP) is -1.13. The van der Waals surface area contributed by atoms with E-state index in [0.717, 1.165) is 0 Å². The van der Waals surface area contributed by atoms with E-state index in [0.29, 0.717) is 25.8 Å². The molecule has 2 rings (SSSR count). The molecular formula is C10H18ClN3O4S. The number of halogens is 1. The summed E-state index contributed by atoms with van der Waals surface area (Å²) in [4.78, 5) is 23.0. The average Bonchev–Trinajstić information content (AvgIpc) is 3.06. The first-order valence-electron chi connectivity index (χ1n) is 5.99. The third kappa shape index (κ3) is 4.05. The van der Waals surface area contributed by atoms with Gasteiger partial charge in [0.2, 0.25) is 21.8 Å². The van der Waals surface area contributed by atoms with Gasteiger partial charge in [-0.1, -0.05) is 0 Å². The summed E-state index contributed by atoms with van der Waals surface area (Å²) in [5, 5.41) is 2.19. The fourth-order valence-corrected chi connectivity index (χ4v) is 3.32. The number of nitrogens with one attached hydrogen (secondary N) is 2. The summed E-state index contributed by atoms with van der Waals surface area (Å²) >= 11 is 0. The Morgan fingerprint density at radius 3 is 2.53 bits per heavy atom. The number of hydrogen-bond donors (Lipinski definition) is 3. The van der Waals surface area contributed by atoms with Crippen LogP contribution < -0.4 is 15.8 Å². The maximum absolute atomic E-state index is 11.6. The van der Waals surface area contributed by atoms with Crippen LogP contribution in [-0.4, -0.2) is 38.1 Å². The molecule has 0 bridgehead atoms. The Hall–Kier alpha value is -0.860. The van der Waals surface area contributed by atoms with Crippen LogP contribution in [0.1, 0.15) is 25.7 Å². The van der Waals surface area contributed by atoms with Gasteiger partial charge in [-0.2, -0.15) is 0 Å². The van der Waals surface area contributed by atoms with Gasteiger partial charge in [-0.3, -0.25) is 14.3 Å². The molecule has 9 heteroatoms. The Kier molecular flexibility index (Phi) is 5.17. The van der Waals surface area contributed by atoms with E-state index in [-0.39, 0.29) is 30.7 Å². The van der Waals surface area contributed by atoms with Crippen LogP contribution in [0.4, 0.5) is 0 Å². The van der Waals surface area contributed by atoms with Crippen LogP contribution in [0.3, 0.4) is 0 Å². The van der Waals surface area contributed by atoms with Crippen molar-refractivity contribution in [1.29, 1.82) is 0 Å². The molecule has 2 aliphatic rings. The maximum Gasteiger partial charge on any atom is 0.250 e. The number of hydrogen-bond acceptors (Lipinski definition) is 5.